The van der Waals surface area contributed by atoms with Gasteiger partial charge in [0, 0.05) is 37.8 Å². The van der Waals surface area contributed by atoms with Gasteiger partial charge in [-0.05, 0) is 24.3 Å². The fraction of sp³-hybridized carbons (Fsp3) is 0.300. The lowest BCUT2D eigenvalue weighted by Gasteiger charge is -2.17. The van der Waals surface area contributed by atoms with E-state index >= 15 is 0 Å². The number of methoxy groups -OCH3 is 1. The monoisotopic (exact) mass is 417 g/mol. The summed E-state index contributed by atoms with van der Waals surface area (Å²) in [4.78, 5) is 26.4. The van der Waals surface area contributed by atoms with Crippen molar-refractivity contribution in [1.29, 1.82) is 0 Å². The highest BCUT2D eigenvalue weighted by Crippen LogP contribution is 2.27. The number of hydrogen-bond donors (Lipinski definition) is 2. The van der Waals surface area contributed by atoms with E-state index in [1.54, 1.807) is 54.5 Å². The highest BCUT2D eigenvalue weighted by atomic mass is 32.2. The van der Waals surface area contributed by atoms with E-state index in [1.807, 2.05) is 0 Å². The van der Waals surface area contributed by atoms with Crippen molar-refractivity contribution in [3.8, 4) is 5.75 Å². The smallest absolute Gasteiger partial charge is 0.240 e. The predicted molar refractivity (Wildman–Crippen MR) is 108 cm³/mol. The summed E-state index contributed by atoms with van der Waals surface area (Å²) in [5.41, 5.74) is 0.681. The van der Waals surface area contributed by atoms with Crippen molar-refractivity contribution in [3.05, 3.63) is 54.6 Å². The molecule has 2 amide bonds. The van der Waals surface area contributed by atoms with Crippen LogP contribution >= 0.6 is 0 Å². The Morgan fingerprint density at radius 1 is 1.14 bits per heavy atom. The molecule has 0 unspecified atom stereocenters. The van der Waals surface area contributed by atoms with Gasteiger partial charge >= 0.3 is 0 Å². The van der Waals surface area contributed by atoms with Gasteiger partial charge in [0.1, 0.15) is 5.75 Å². The van der Waals surface area contributed by atoms with Crippen molar-refractivity contribution in [2.75, 3.05) is 31.6 Å². The van der Waals surface area contributed by atoms with Crippen LogP contribution in [-0.2, 0) is 19.6 Å². The maximum atomic E-state index is 12.4. The Kier molecular flexibility index (Phi) is 6.50. The molecule has 8 nitrogen and oxygen atoms in total. The molecule has 29 heavy (non-hydrogen) atoms. The fourth-order valence-corrected chi connectivity index (χ4v) is 4.16. The van der Waals surface area contributed by atoms with E-state index in [4.69, 9.17) is 4.74 Å². The number of nitrogens with one attached hydrogen (secondary N) is 2. The molecule has 3 rings (SSSR count). The normalized spacial score (nSPS) is 16.7. The summed E-state index contributed by atoms with van der Waals surface area (Å²) in [5.74, 6) is -0.265. The Labute approximate surface area is 169 Å². The number of carbonyl (C=O) groups is 2. The molecule has 0 aliphatic carbocycles. The van der Waals surface area contributed by atoms with Crippen LogP contribution in [0, 0.1) is 5.92 Å². The average molecular weight is 417 g/mol. The Bertz CT molecular complexity index is 979. The Balaban J connectivity index is 1.49. The lowest BCUT2D eigenvalue weighted by molar-refractivity contribution is -0.126. The largest absolute Gasteiger partial charge is 0.497 e. The molecule has 2 aromatic carbocycles. The molecule has 2 N–H and O–H groups in total. The summed E-state index contributed by atoms with van der Waals surface area (Å²) in [7, 11) is -2.06. The zero-order valence-corrected chi connectivity index (χ0v) is 16.8. The first-order valence-electron chi connectivity index (χ1n) is 9.17. The third kappa shape index (κ3) is 5.12. The SMILES string of the molecule is COc1cccc(N2C[C@@H](C(=O)NCCNS(=O)(=O)c3ccccc3)CC2=O)c1. The topological polar surface area (TPSA) is 105 Å². The van der Waals surface area contributed by atoms with Crippen LogP contribution in [-0.4, -0.2) is 47.0 Å². The van der Waals surface area contributed by atoms with Gasteiger partial charge in [-0.2, -0.15) is 0 Å². The standard InChI is InChI=1S/C20H23N3O5S/c1-28-17-7-5-6-16(13-17)23-14-15(12-19(23)24)20(25)21-10-11-22-29(26,27)18-8-3-2-4-9-18/h2-9,13,15,22H,10-12,14H2,1H3,(H,21,25)/t15-/m0/s1. The third-order valence-electron chi connectivity index (χ3n) is 4.63. The first-order valence-corrected chi connectivity index (χ1v) is 10.7. The van der Waals surface area contributed by atoms with Gasteiger partial charge in [0.2, 0.25) is 21.8 Å². The Morgan fingerprint density at radius 2 is 1.90 bits per heavy atom. The van der Waals surface area contributed by atoms with E-state index in [2.05, 4.69) is 10.0 Å². The highest BCUT2D eigenvalue weighted by molar-refractivity contribution is 7.89. The second-order valence-electron chi connectivity index (χ2n) is 6.61. The molecule has 0 saturated carbocycles. The van der Waals surface area contributed by atoms with Crippen LogP contribution in [0.3, 0.4) is 0 Å². The van der Waals surface area contributed by atoms with Crippen LogP contribution in [0.4, 0.5) is 5.69 Å². The van der Waals surface area contributed by atoms with Crippen LogP contribution in [0.15, 0.2) is 59.5 Å². The van der Waals surface area contributed by atoms with Gasteiger partial charge in [-0.25, -0.2) is 13.1 Å². The number of carbonyl (C=O) groups excluding carboxylic acids is 2. The number of ether oxygens (including phenoxy) is 1. The van der Waals surface area contributed by atoms with Gasteiger partial charge in [0.05, 0.1) is 17.9 Å². The van der Waals surface area contributed by atoms with Gasteiger partial charge in [-0.1, -0.05) is 24.3 Å². The Morgan fingerprint density at radius 3 is 2.62 bits per heavy atom. The predicted octanol–water partition coefficient (Wildman–Crippen LogP) is 1.14. The minimum absolute atomic E-state index is 0.0588. The number of amides is 2. The molecule has 1 aliphatic rings. The maximum absolute atomic E-state index is 12.4. The molecule has 2 aromatic rings. The fourth-order valence-electron chi connectivity index (χ4n) is 3.11. The van der Waals surface area contributed by atoms with Crippen molar-refractivity contribution in [2.24, 2.45) is 5.92 Å². The number of anilines is 1. The molecular formula is C20H23N3O5S. The molecule has 1 heterocycles. The molecule has 0 radical (unpaired) electrons. The average Bonchev–Trinajstić information content (AvgIpc) is 3.13. The van der Waals surface area contributed by atoms with Gasteiger partial charge in [0.15, 0.2) is 0 Å². The molecule has 0 bridgehead atoms. The molecule has 1 fully saturated rings. The van der Waals surface area contributed by atoms with Crippen LogP contribution in [0.1, 0.15) is 6.42 Å². The van der Waals surface area contributed by atoms with E-state index in [9.17, 15) is 18.0 Å². The Hall–Kier alpha value is -2.91. The van der Waals surface area contributed by atoms with Crippen molar-refractivity contribution in [3.63, 3.8) is 0 Å². The van der Waals surface area contributed by atoms with Crippen LogP contribution in [0.2, 0.25) is 0 Å². The summed E-state index contributed by atoms with van der Waals surface area (Å²) in [6.07, 6.45) is 0.110. The zero-order chi connectivity index (χ0) is 20.9. The molecule has 0 aromatic heterocycles. The lowest BCUT2D eigenvalue weighted by Crippen LogP contribution is -2.38. The molecule has 154 valence electrons. The van der Waals surface area contributed by atoms with Crippen molar-refractivity contribution < 1.29 is 22.7 Å². The first kappa shape index (κ1) is 20.8. The van der Waals surface area contributed by atoms with Crippen LogP contribution in [0.5, 0.6) is 5.75 Å². The molecular weight excluding hydrogens is 394 g/mol. The summed E-state index contributed by atoms with van der Waals surface area (Å²) in [6.45, 7) is 0.464. The van der Waals surface area contributed by atoms with Crippen LogP contribution in [0.25, 0.3) is 0 Å². The number of sulfonamides is 1. The van der Waals surface area contributed by atoms with E-state index < -0.39 is 15.9 Å². The van der Waals surface area contributed by atoms with Crippen molar-refractivity contribution >= 4 is 27.5 Å². The second kappa shape index (κ2) is 9.06. The van der Waals surface area contributed by atoms with Gasteiger partial charge in [0.25, 0.3) is 0 Å². The van der Waals surface area contributed by atoms with Crippen LogP contribution < -0.4 is 19.7 Å². The first-order chi connectivity index (χ1) is 13.9. The maximum Gasteiger partial charge on any atom is 0.240 e. The second-order valence-corrected chi connectivity index (χ2v) is 8.38. The molecule has 1 atom stereocenters. The lowest BCUT2D eigenvalue weighted by atomic mass is 10.1. The quantitative estimate of drug-likeness (QED) is 0.627. The minimum Gasteiger partial charge on any atom is -0.497 e. The van der Waals surface area contributed by atoms with Crippen molar-refractivity contribution in [1.82, 2.24) is 10.0 Å². The van der Waals surface area contributed by atoms with E-state index in [-0.39, 0.29) is 42.8 Å². The summed E-state index contributed by atoms with van der Waals surface area (Å²) < 4.78 is 31.9. The molecule has 9 heteroatoms. The number of nitrogens with zero attached hydrogens (tertiary/aromatic N) is 1. The summed E-state index contributed by atoms with van der Waals surface area (Å²) in [5, 5.41) is 2.69. The molecule has 1 saturated heterocycles. The number of rotatable bonds is 8. The summed E-state index contributed by atoms with van der Waals surface area (Å²) in [6, 6.07) is 15.1. The zero-order valence-electron chi connectivity index (χ0n) is 16.0. The van der Waals surface area contributed by atoms with E-state index in [1.165, 1.54) is 12.1 Å². The molecule has 0 spiro atoms. The number of benzene rings is 2. The third-order valence-corrected chi connectivity index (χ3v) is 6.11. The van der Waals surface area contributed by atoms with Crippen molar-refractivity contribution in [2.45, 2.75) is 11.3 Å². The van der Waals surface area contributed by atoms with Gasteiger partial charge in [-0.15, -0.1) is 0 Å². The number of hydrogen-bond acceptors (Lipinski definition) is 5. The van der Waals surface area contributed by atoms with Gasteiger partial charge < -0.3 is 15.0 Å². The molecule has 1 aliphatic heterocycles. The highest BCUT2D eigenvalue weighted by Gasteiger charge is 2.35. The van der Waals surface area contributed by atoms with E-state index in [0.717, 1.165) is 0 Å². The minimum atomic E-state index is -3.61. The summed E-state index contributed by atoms with van der Waals surface area (Å²) >= 11 is 0. The van der Waals surface area contributed by atoms with Gasteiger partial charge in [-0.3, -0.25) is 9.59 Å². The van der Waals surface area contributed by atoms with E-state index in [0.29, 0.717) is 11.4 Å².